The highest BCUT2D eigenvalue weighted by Gasteiger charge is 2.57. The number of fused-ring (bicyclic) bond motifs is 1. The Hall–Kier alpha value is -1.36. The molecule has 1 saturated heterocycles. The van der Waals surface area contributed by atoms with Gasteiger partial charge in [-0.3, -0.25) is 4.79 Å². The highest BCUT2D eigenvalue weighted by Crippen LogP contribution is 2.51. The molecular formula is C18H26N2O3. The van der Waals surface area contributed by atoms with Crippen LogP contribution in [-0.2, 0) is 11.2 Å². The van der Waals surface area contributed by atoms with Crippen LogP contribution in [0.25, 0.3) is 0 Å². The Labute approximate surface area is 137 Å². The molecule has 1 N–H and O–H groups in total. The van der Waals surface area contributed by atoms with E-state index >= 15 is 0 Å². The standard InChI is InChI=1S/C18H26N2O3/c1-3-13-19-10(2)16(23-13)18(21)20-15-12-8-9-22-17(12)14(15)11-6-4-5-7-11/h11-12,14-15,17H,3-9H2,1-2H3,(H,20,21). The first-order chi connectivity index (χ1) is 11.2. The Balaban J connectivity index is 1.49. The van der Waals surface area contributed by atoms with Gasteiger partial charge in [0.2, 0.25) is 5.76 Å². The van der Waals surface area contributed by atoms with Gasteiger partial charge in [-0.2, -0.15) is 0 Å². The molecule has 1 amide bonds. The molecule has 2 aliphatic carbocycles. The fraction of sp³-hybridized carbons (Fsp3) is 0.778. The van der Waals surface area contributed by atoms with Crippen molar-refractivity contribution in [2.45, 2.75) is 64.5 Å². The third-order valence-electron chi connectivity index (χ3n) is 6.03. The summed E-state index contributed by atoms with van der Waals surface area (Å²) in [5, 5.41) is 3.26. The summed E-state index contributed by atoms with van der Waals surface area (Å²) in [5.74, 6) is 2.60. The van der Waals surface area contributed by atoms with Crippen molar-refractivity contribution >= 4 is 5.91 Å². The maximum absolute atomic E-state index is 12.7. The lowest BCUT2D eigenvalue weighted by Crippen LogP contribution is -2.63. The second kappa shape index (κ2) is 5.93. The van der Waals surface area contributed by atoms with E-state index in [1.807, 2.05) is 13.8 Å². The van der Waals surface area contributed by atoms with Gasteiger partial charge in [-0.1, -0.05) is 32.6 Å². The summed E-state index contributed by atoms with van der Waals surface area (Å²) in [7, 11) is 0. The number of aromatic nitrogens is 1. The first-order valence-corrected chi connectivity index (χ1v) is 9.07. The van der Waals surface area contributed by atoms with Crippen molar-refractivity contribution in [3.05, 3.63) is 17.3 Å². The zero-order valence-corrected chi connectivity index (χ0v) is 14.0. The molecule has 4 unspecified atom stereocenters. The molecule has 1 aromatic rings. The molecule has 1 aliphatic heterocycles. The van der Waals surface area contributed by atoms with E-state index < -0.39 is 0 Å². The molecule has 1 aromatic heterocycles. The predicted molar refractivity (Wildman–Crippen MR) is 85.2 cm³/mol. The van der Waals surface area contributed by atoms with Crippen LogP contribution in [0.15, 0.2) is 4.42 Å². The van der Waals surface area contributed by atoms with Crippen molar-refractivity contribution < 1.29 is 13.9 Å². The maximum Gasteiger partial charge on any atom is 0.289 e. The van der Waals surface area contributed by atoms with Crippen LogP contribution in [0.3, 0.4) is 0 Å². The van der Waals surface area contributed by atoms with Gasteiger partial charge < -0.3 is 14.5 Å². The molecule has 5 heteroatoms. The number of nitrogens with one attached hydrogen (secondary N) is 1. The molecule has 5 nitrogen and oxygen atoms in total. The molecule has 3 fully saturated rings. The summed E-state index contributed by atoms with van der Waals surface area (Å²) in [5.41, 5.74) is 0.690. The summed E-state index contributed by atoms with van der Waals surface area (Å²) in [4.78, 5) is 17.0. The van der Waals surface area contributed by atoms with Crippen molar-refractivity contribution in [3.63, 3.8) is 0 Å². The quantitative estimate of drug-likeness (QED) is 0.927. The highest BCUT2D eigenvalue weighted by molar-refractivity contribution is 5.92. The van der Waals surface area contributed by atoms with Gasteiger partial charge in [0, 0.05) is 30.9 Å². The lowest BCUT2D eigenvalue weighted by molar-refractivity contribution is -0.0786. The number of carbonyl (C=O) groups is 1. The maximum atomic E-state index is 12.7. The van der Waals surface area contributed by atoms with Crippen LogP contribution in [-0.4, -0.2) is 29.6 Å². The van der Waals surface area contributed by atoms with Crippen LogP contribution in [0.2, 0.25) is 0 Å². The Kier molecular flexibility index (Phi) is 3.92. The lowest BCUT2D eigenvalue weighted by atomic mass is 9.61. The van der Waals surface area contributed by atoms with Gasteiger partial charge in [0.15, 0.2) is 5.89 Å². The second-order valence-corrected chi connectivity index (χ2v) is 7.28. The number of hydrogen-bond acceptors (Lipinski definition) is 4. The van der Waals surface area contributed by atoms with Crippen molar-refractivity contribution in [1.29, 1.82) is 0 Å². The number of oxazole rings is 1. The zero-order chi connectivity index (χ0) is 16.0. The summed E-state index contributed by atoms with van der Waals surface area (Å²) in [6, 6.07) is 0.243. The van der Waals surface area contributed by atoms with Gasteiger partial charge in [0.05, 0.1) is 11.8 Å². The largest absolute Gasteiger partial charge is 0.435 e. The number of carbonyl (C=O) groups excluding carboxylic acids is 1. The molecule has 4 atom stereocenters. The number of aryl methyl sites for hydroxylation is 2. The minimum Gasteiger partial charge on any atom is -0.435 e. The van der Waals surface area contributed by atoms with E-state index in [2.05, 4.69) is 10.3 Å². The average molecular weight is 318 g/mol. The third kappa shape index (κ3) is 2.49. The number of nitrogens with zero attached hydrogens (tertiary/aromatic N) is 1. The molecule has 2 heterocycles. The Morgan fingerprint density at radius 1 is 1.30 bits per heavy atom. The Morgan fingerprint density at radius 2 is 2.09 bits per heavy atom. The Bertz CT molecular complexity index is 586. The minimum absolute atomic E-state index is 0.104. The molecule has 126 valence electrons. The first kappa shape index (κ1) is 15.2. The van der Waals surface area contributed by atoms with Crippen LogP contribution in [0, 0.1) is 24.7 Å². The van der Waals surface area contributed by atoms with E-state index in [9.17, 15) is 4.79 Å². The topological polar surface area (TPSA) is 64.4 Å². The van der Waals surface area contributed by atoms with Crippen LogP contribution in [0.5, 0.6) is 0 Å². The first-order valence-electron chi connectivity index (χ1n) is 9.07. The van der Waals surface area contributed by atoms with E-state index in [0.717, 1.165) is 13.0 Å². The summed E-state index contributed by atoms with van der Waals surface area (Å²) >= 11 is 0. The molecule has 0 aromatic carbocycles. The fourth-order valence-corrected chi connectivity index (χ4v) is 4.89. The molecule has 0 spiro atoms. The van der Waals surface area contributed by atoms with Gasteiger partial charge in [0.1, 0.15) is 0 Å². The van der Waals surface area contributed by atoms with Gasteiger partial charge in [-0.15, -0.1) is 0 Å². The third-order valence-corrected chi connectivity index (χ3v) is 6.03. The normalized spacial score (nSPS) is 33.5. The molecule has 23 heavy (non-hydrogen) atoms. The van der Waals surface area contributed by atoms with Crippen molar-refractivity contribution in [1.82, 2.24) is 10.3 Å². The second-order valence-electron chi connectivity index (χ2n) is 7.28. The van der Waals surface area contributed by atoms with E-state index in [0.29, 0.717) is 47.6 Å². The summed E-state index contributed by atoms with van der Waals surface area (Å²) < 4.78 is 11.6. The van der Waals surface area contributed by atoms with E-state index in [1.54, 1.807) is 0 Å². The smallest absolute Gasteiger partial charge is 0.289 e. The van der Waals surface area contributed by atoms with E-state index in [-0.39, 0.29) is 11.9 Å². The number of amides is 1. The molecule has 0 bridgehead atoms. The SMILES string of the molecule is CCc1nc(C)c(C(=O)NC2C3CCOC3C2C2CCCC2)o1. The van der Waals surface area contributed by atoms with Crippen LogP contribution < -0.4 is 5.32 Å². The fourth-order valence-electron chi connectivity index (χ4n) is 4.89. The van der Waals surface area contributed by atoms with E-state index in [4.69, 9.17) is 9.15 Å². The van der Waals surface area contributed by atoms with Crippen molar-refractivity contribution in [2.75, 3.05) is 6.61 Å². The average Bonchev–Trinajstić information content (AvgIpc) is 3.25. The van der Waals surface area contributed by atoms with E-state index in [1.165, 1.54) is 25.7 Å². The summed E-state index contributed by atoms with van der Waals surface area (Å²) in [6.45, 7) is 4.66. The van der Waals surface area contributed by atoms with Crippen LogP contribution >= 0.6 is 0 Å². The number of rotatable bonds is 4. The summed E-state index contributed by atoms with van der Waals surface area (Å²) in [6.07, 6.45) is 7.34. The Morgan fingerprint density at radius 3 is 2.78 bits per heavy atom. The van der Waals surface area contributed by atoms with Gasteiger partial charge in [0.25, 0.3) is 5.91 Å². The van der Waals surface area contributed by atoms with Gasteiger partial charge in [-0.25, -0.2) is 4.98 Å². The molecule has 0 radical (unpaired) electrons. The minimum atomic E-state index is -0.104. The van der Waals surface area contributed by atoms with Crippen LogP contribution in [0.4, 0.5) is 0 Å². The van der Waals surface area contributed by atoms with Gasteiger partial charge >= 0.3 is 0 Å². The molecule has 3 aliphatic rings. The number of ether oxygens (including phenoxy) is 1. The number of hydrogen-bond donors (Lipinski definition) is 1. The van der Waals surface area contributed by atoms with Gasteiger partial charge in [-0.05, 0) is 19.3 Å². The zero-order valence-electron chi connectivity index (χ0n) is 14.0. The van der Waals surface area contributed by atoms with Crippen LogP contribution in [0.1, 0.15) is 61.2 Å². The predicted octanol–water partition coefficient (Wildman–Crippen LogP) is 2.87. The molecular weight excluding hydrogens is 292 g/mol. The lowest BCUT2D eigenvalue weighted by Gasteiger charge is -2.50. The highest BCUT2D eigenvalue weighted by atomic mass is 16.5. The molecule has 4 rings (SSSR count). The molecule has 2 saturated carbocycles. The van der Waals surface area contributed by atoms with Crippen molar-refractivity contribution in [2.24, 2.45) is 17.8 Å². The van der Waals surface area contributed by atoms with Crippen molar-refractivity contribution in [3.8, 4) is 0 Å². The monoisotopic (exact) mass is 318 g/mol.